The molecule has 1 N–H and O–H groups in total. The molecule has 8 nitrogen and oxygen atoms in total. The lowest BCUT2D eigenvalue weighted by molar-refractivity contribution is -0.383. The van der Waals surface area contributed by atoms with Gasteiger partial charge < -0.3 is 15.0 Å². The maximum Gasteiger partial charge on any atom is 0.353 e. The first kappa shape index (κ1) is 16.7. The van der Waals surface area contributed by atoms with E-state index in [4.69, 9.17) is 27.9 Å². The van der Waals surface area contributed by atoms with Crippen molar-refractivity contribution in [1.82, 2.24) is 9.97 Å². The zero-order chi connectivity index (χ0) is 17.1. The van der Waals surface area contributed by atoms with Gasteiger partial charge in [0, 0.05) is 18.1 Å². The summed E-state index contributed by atoms with van der Waals surface area (Å²) < 4.78 is 5.27. The Balaban J connectivity index is 1.99. The molecule has 1 aliphatic rings. The minimum atomic E-state index is -0.503. The van der Waals surface area contributed by atoms with Gasteiger partial charge in [0.05, 0.1) is 28.8 Å². The van der Waals surface area contributed by atoms with Crippen LogP contribution in [-0.2, 0) is 4.74 Å². The molecule has 0 radical (unpaired) electrons. The predicted molar refractivity (Wildman–Crippen MR) is 91.5 cm³/mol. The van der Waals surface area contributed by atoms with Crippen molar-refractivity contribution >= 4 is 46.2 Å². The first-order valence-electron chi connectivity index (χ1n) is 7.10. The molecule has 3 rings (SSSR count). The quantitative estimate of drug-likeness (QED) is 0.652. The molecule has 126 valence electrons. The van der Waals surface area contributed by atoms with E-state index in [9.17, 15) is 10.1 Å². The number of ether oxygens (including phenoxy) is 1. The third-order valence-corrected chi connectivity index (χ3v) is 4.03. The van der Waals surface area contributed by atoms with Gasteiger partial charge in [-0.3, -0.25) is 10.1 Å². The van der Waals surface area contributed by atoms with Crippen LogP contribution >= 0.6 is 23.2 Å². The lowest BCUT2D eigenvalue weighted by Gasteiger charge is -2.27. The second-order valence-corrected chi connectivity index (χ2v) is 5.84. The average molecular weight is 370 g/mol. The molecular formula is C14H13Cl2N5O3. The molecule has 0 spiro atoms. The van der Waals surface area contributed by atoms with Crippen molar-refractivity contribution in [2.24, 2.45) is 0 Å². The Morgan fingerprint density at radius 2 is 2.00 bits per heavy atom. The number of rotatable bonds is 4. The summed E-state index contributed by atoms with van der Waals surface area (Å²) in [7, 11) is 0. The van der Waals surface area contributed by atoms with E-state index in [-0.39, 0.29) is 17.3 Å². The van der Waals surface area contributed by atoms with Crippen molar-refractivity contribution in [3.05, 3.63) is 44.7 Å². The molecule has 1 saturated heterocycles. The highest BCUT2D eigenvalue weighted by Crippen LogP contribution is 2.36. The Morgan fingerprint density at radius 1 is 1.25 bits per heavy atom. The average Bonchev–Trinajstić information content (AvgIpc) is 2.58. The summed E-state index contributed by atoms with van der Waals surface area (Å²) in [5.41, 5.74) is 0.265. The summed E-state index contributed by atoms with van der Waals surface area (Å²) in [5.74, 6) is 0.326. The largest absolute Gasteiger partial charge is 0.378 e. The Morgan fingerprint density at radius 3 is 2.67 bits per heavy atom. The van der Waals surface area contributed by atoms with E-state index in [0.29, 0.717) is 42.0 Å². The first-order valence-corrected chi connectivity index (χ1v) is 7.86. The number of nitrogens with zero attached hydrogens (tertiary/aromatic N) is 4. The number of morpholine rings is 1. The lowest BCUT2D eigenvalue weighted by atomic mass is 10.3. The Bertz CT molecular complexity index is 768. The zero-order valence-corrected chi connectivity index (χ0v) is 13.9. The summed E-state index contributed by atoms with van der Waals surface area (Å²) in [6.07, 6.45) is 1.28. The summed E-state index contributed by atoms with van der Waals surface area (Å²) in [4.78, 5) is 21.0. The van der Waals surface area contributed by atoms with Gasteiger partial charge in [-0.15, -0.1) is 0 Å². The normalized spacial score (nSPS) is 14.5. The Hall–Kier alpha value is -2.16. The second-order valence-electron chi connectivity index (χ2n) is 5.00. The van der Waals surface area contributed by atoms with Gasteiger partial charge in [-0.05, 0) is 18.2 Å². The fraction of sp³-hybridized carbons (Fsp3) is 0.286. The number of hydrogen-bond donors (Lipinski definition) is 1. The topological polar surface area (TPSA) is 93.4 Å². The van der Waals surface area contributed by atoms with Crippen LogP contribution in [0.1, 0.15) is 0 Å². The molecule has 1 aromatic carbocycles. The zero-order valence-electron chi connectivity index (χ0n) is 12.4. The SMILES string of the molecule is O=[N+]([O-])c1c(Nc2ccc(Cl)cc2Cl)ncnc1N1CCOCC1. The van der Waals surface area contributed by atoms with Gasteiger partial charge in [0.25, 0.3) is 0 Å². The second kappa shape index (κ2) is 7.16. The van der Waals surface area contributed by atoms with Gasteiger partial charge in [0.15, 0.2) is 0 Å². The maximum absolute atomic E-state index is 11.6. The van der Waals surface area contributed by atoms with E-state index >= 15 is 0 Å². The van der Waals surface area contributed by atoms with Crippen LogP contribution in [0.5, 0.6) is 0 Å². The number of aromatic nitrogens is 2. The third-order valence-electron chi connectivity index (χ3n) is 3.48. The predicted octanol–water partition coefficient (Wildman–Crippen LogP) is 3.27. The number of hydrogen-bond acceptors (Lipinski definition) is 7. The smallest absolute Gasteiger partial charge is 0.353 e. The summed E-state index contributed by atoms with van der Waals surface area (Å²) >= 11 is 12.0. The fourth-order valence-electron chi connectivity index (χ4n) is 2.35. The molecule has 1 fully saturated rings. The van der Waals surface area contributed by atoms with Crippen LogP contribution in [0.3, 0.4) is 0 Å². The fourth-order valence-corrected chi connectivity index (χ4v) is 2.81. The van der Waals surface area contributed by atoms with Crippen molar-refractivity contribution in [3.8, 4) is 0 Å². The number of nitro groups is 1. The highest BCUT2D eigenvalue weighted by atomic mass is 35.5. The van der Waals surface area contributed by atoms with E-state index in [1.807, 2.05) is 0 Å². The molecule has 2 heterocycles. The summed E-state index contributed by atoms with van der Waals surface area (Å²) in [6.45, 7) is 2.04. The molecule has 1 aromatic heterocycles. The van der Waals surface area contributed by atoms with Crippen LogP contribution in [0.25, 0.3) is 0 Å². The molecule has 0 atom stereocenters. The molecule has 0 unspecified atom stereocenters. The van der Waals surface area contributed by atoms with Crippen molar-refractivity contribution in [3.63, 3.8) is 0 Å². The number of benzene rings is 1. The monoisotopic (exact) mass is 369 g/mol. The van der Waals surface area contributed by atoms with E-state index < -0.39 is 4.92 Å². The van der Waals surface area contributed by atoms with Gasteiger partial charge >= 0.3 is 5.69 Å². The standard InChI is InChI=1S/C14H13Cl2N5O3/c15-9-1-2-11(10(16)7-9)19-13-12(21(22)23)14(18-8-17-13)20-3-5-24-6-4-20/h1-2,7-8H,3-6H2,(H,17,18,19). The van der Waals surface area contributed by atoms with E-state index in [1.165, 1.54) is 6.33 Å². The van der Waals surface area contributed by atoms with Crippen LogP contribution in [0.15, 0.2) is 24.5 Å². The molecule has 10 heteroatoms. The summed E-state index contributed by atoms with van der Waals surface area (Å²) in [5, 5.41) is 15.3. The molecule has 2 aromatic rings. The Kier molecular flexibility index (Phi) is 4.98. The minimum absolute atomic E-state index is 0.0701. The summed E-state index contributed by atoms with van der Waals surface area (Å²) in [6, 6.07) is 4.80. The highest BCUT2D eigenvalue weighted by molar-refractivity contribution is 6.36. The van der Waals surface area contributed by atoms with Crippen LogP contribution in [0, 0.1) is 10.1 Å². The van der Waals surface area contributed by atoms with E-state index in [0.717, 1.165) is 0 Å². The molecular weight excluding hydrogens is 357 g/mol. The van der Waals surface area contributed by atoms with Gasteiger partial charge in [-0.2, -0.15) is 0 Å². The molecule has 0 aliphatic carbocycles. The molecule has 0 amide bonds. The lowest BCUT2D eigenvalue weighted by Crippen LogP contribution is -2.37. The maximum atomic E-state index is 11.6. The van der Waals surface area contributed by atoms with Gasteiger partial charge in [-0.25, -0.2) is 9.97 Å². The van der Waals surface area contributed by atoms with Gasteiger partial charge in [0.2, 0.25) is 11.6 Å². The Labute approximate surface area is 147 Å². The number of halogens is 2. The van der Waals surface area contributed by atoms with Crippen LogP contribution in [0.4, 0.5) is 23.0 Å². The van der Waals surface area contributed by atoms with Crippen LogP contribution in [-0.4, -0.2) is 41.2 Å². The van der Waals surface area contributed by atoms with Gasteiger partial charge in [-0.1, -0.05) is 23.2 Å². The molecule has 0 bridgehead atoms. The molecule has 0 saturated carbocycles. The van der Waals surface area contributed by atoms with Crippen molar-refractivity contribution in [2.75, 3.05) is 36.5 Å². The number of nitrogens with one attached hydrogen (secondary N) is 1. The van der Waals surface area contributed by atoms with Crippen LogP contribution in [0.2, 0.25) is 10.0 Å². The highest BCUT2D eigenvalue weighted by Gasteiger charge is 2.28. The van der Waals surface area contributed by atoms with Crippen molar-refractivity contribution < 1.29 is 9.66 Å². The first-order chi connectivity index (χ1) is 11.6. The third kappa shape index (κ3) is 3.50. The number of anilines is 3. The molecule has 1 aliphatic heterocycles. The minimum Gasteiger partial charge on any atom is -0.378 e. The van der Waals surface area contributed by atoms with Crippen molar-refractivity contribution in [1.29, 1.82) is 0 Å². The van der Waals surface area contributed by atoms with Crippen molar-refractivity contribution in [2.45, 2.75) is 0 Å². The van der Waals surface area contributed by atoms with Gasteiger partial charge in [0.1, 0.15) is 6.33 Å². The van der Waals surface area contributed by atoms with Crippen LogP contribution < -0.4 is 10.2 Å². The van der Waals surface area contributed by atoms with E-state index in [1.54, 1.807) is 23.1 Å². The molecule has 24 heavy (non-hydrogen) atoms. The van der Waals surface area contributed by atoms with E-state index in [2.05, 4.69) is 15.3 Å².